The van der Waals surface area contributed by atoms with Crippen molar-refractivity contribution in [1.29, 1.82) is 0 Å². The van der Waals surface area contributed by atoms with Crippen LogP contribution in [0.1, 0.15) is 22.3 Å². The third kappa shape index (κ3) is 3.67. The Balaban J connectivity index is 2.78. The van der Waals surface area contributed by atoms with Gasteiger partial charge in [-0.3, -0.25) is 4.79 Å². The van der Waals surface area contributed by atoms with Crippen molar-refractivity contribution >= 4 is 22.4 Å². The number of amides is 1. The molecule has 1 aromatic heterocycles. The van der Waals surface area contributed by atoms with E-state index in [-0.39, 0.29) is 11.9 Å². The number of aryl methyl sites for hydroxylation is 1. The lowest BCUT2D eigenvalue weighted by atomic mass is 10.3. The van der Waals surface area contributed by atoms with E-state index in [1.807, 2.05) is 13.8 Å². The summed E-state index contributed by atoms with van der Waals surface area (Å²) in [6.07, 6.45) is 0. The molecule has 0 spiro atoms. The predicted octanol–water partition coefficient (Wildman–Crippen LogP) is 1.60. The molecule has 96 valence electrons. The van der Waals surface area contributed by atoms with E-state index in [1.54, 1.807) is 26.1 Å². The number of carbonyl (C=O) groups is 1. The molecule has 1 heterocycles. The lowest BCUT2D eigenvalue weighted by Crippen LogP contribution is -2.21. The molecule has 1 rings (SSSR count). The van der Waals surface area contributed by atoms with Crippen molar-refractivity contribution in [3.63, 3.8) is 0 Å². The number of ether oxygens (including phenoxy) is 1. The number of thiazole rings is 1. The van der Waals surface area contributed by atoms with E-state index in [1.165, 1.54) is 11.3 Å². The zero-order valence-corrected chi connectivity index (χ0v) is 11.7. The molecule has 0 aromatic carbocycles. The van der Waals surface area contributed by atoms with E-state index >= 15 is 0 Å². The summed E-state index contributed by atoms with van der Waals surface area (Å²) in [7, 11) is 5.14. The van der Waals surface area contributed by atoms with E-state index in [0.29, 0.717) is 11.5 Å². The first-order valence-electron chi connectivity index (χ1n) is 5.40. The zero-order valence-electron chi connectivity index (χ0n) is 10.9. The summed E-state index contributed by atoms with van der Waals surface area (Å²) in [6.45, 7) is 4.46. The van der Waals surface area contributed by atoms with Crippen molar-refractivity contribution in [1.82, 2.24) is 9.88 Å². The topological polar surface area (TPSA) is 54.5 Å². The van der Waals surface area contributed by atoms with Crippen molar-refractivity contribution in [3.8, 4) is 0 Å². The molecule has 1 amide bonds. The first-order chi connectivity index (χ1) is 7.95. The highest BCUT2D eigenvalue weighted by Crippen LogP contribution is 2.24. The van der Waals surface area contributed by atoms with Crippen molar-refractivity contribution in [2.75, 3.05) is 33.1 Å². The summed E-state index contributed by atoms with van der Waals surface area (Å²) in [6, 6.07) is 0.174. The highest BCUT2D eigenvalue weighted by atomic mass is 32.1. The number of hydrogen-bond donors (Lipinski definition) is 1. The van der Waals surface area contributed by atoms with Crippen LogP contribution in [0.25, 0.3) is 0 Å². The minimum absolute atomic E-state index is 0.00700. The number of nitrogens with one attached hydrogen (secondary N) is 1. The molecule has 0 saturated carbocycles. The van der Waals surface area contributed by atoms with Crippen LogP contribution in [0.3, 0.4) is 0 Å². The Morgan fingerprint density at radius 3 is 2.76 bits per heavy atom. The summed E-state index contributed by atoms with van der Waals surface area (Å²) in [5.74, 6) is -0.00700. The van der Waals surface area contributed by atoms with Crippen LogP contribution in [0.5, 0.6) is 0 Å². The van der Waals surface area contributed by atoms with Crippen molar-refractivity contribution < 1.29 is 9.53 Å². The second-order valence-electron chi connectivity index (χ2n) is 4.13. The van der Waals surface area contributed by atoms with Gasteiger partial charge in [-0.25, -0.2) is 4.98 Å². The van der Waals surface area contributed by atoms with Crippen LogP contribution in [0.15, 0.2) is 0 Å². The fourth-order valence-electron chi connectivity index (χ4n) is 1.36. The summed E-state index contributed by atoms with van der Waals surface area (Å²) in [5.41, 5.74) is 0.765. The molecule has 0 aliphatic carbocycles. The Labute approximate surface area is 106 Å². The lowest BCUT2D eigenvalue weighted by molar-refractivity contribution is 0.0831. The normalized spacial score (nSPS) is 12.3. The first-order valence-corrected chi connectivity index (χ1v) is 6.22. The standard InChI is InChI=1S/C11H19N3O2S/c1-7(6-16-5)12-11-13-8(2)9(17-11)10(15)14(3)4/h7H,6H2,1-5H3,(H,12,13)/t7-/m0/s1. The summed E-state index contributed by atoms with van der Waals surface area (Å²) in [5, 5.41) is 3.97. The van der Waals surface area contributed by atoms with Gasteiger partial charge in [-0.1, -0.05) is 11.3 Å². The van der Waals surface area contributed by atoms with Gasteiger partial charge in [0.25, 0.3) is 5.91 Å². The van der Waals surface area contributed by atoms with Crippen molar-refractivity contribution in [3.05, 3.63) is 10.6 Å². The van der Waals surface area contributed by atoms with Gasteiger partial charge in [0.2, 0.25) is 0 Å². The molecule has 17 heavy (non-hydrogen) atoms. The fourth-order valence-corrected chi connectivity index (χ4v) is 2.46. The number of nitrogens with zero attached hydrogens (tertiary/aromatic N) is 2. The van der Waals surface area contributed by atoms with Gasteiger partial charge in [0.1, 0.15) is 4.88 Å². The maximum atomic E-state index is 11.8. The zero-order chi connectivity index (χ0) is 13.0. The number of methoxy groups -OCH3 is 1. The first kappa shape index (κ1) is 13.9. The lowest BCUT2D eigenvalue weighted by Gasteiger charge is -2.10. The van der Waals surface area contributed by atoms with Crippen LogP contribution in [-0.4, -0.2) is 49.6 Å². The van der Waals surface area contributed by atoms with Gasteiger partial charge in [0, 0.05) is 27.2 Å². The van der Waals surface area contributed by atoms with Crippen LogP contribution in [-0.2, 0) is 4.74 Å². The smallest absolute Gasteiger partial charge is 0.265 e. The van der Waals surface area contributed by atoms with Crippen LogP contribution in [0.4, 0.5) is 5.13 Å². The molecule has 0 aliphatic heterocycles. The highest BCUT2D eigenvalue weighted by molar-refractivity contribution is 7.17. The van der Waals surface area contributed by atoms with Gasteiger partial charge in [0.15, 0.2) is 5.13 Å². The minimum Gasteiger partial charge on any atom is -0.383 e. The average Bonchev–Trinajstić information content (AvgIpc) is 2.58. The molecule has 0 saturated heterocycles. The number of hydrogen-bond acceptors (Lipinski definition) is 5. The van der Waals surface area contributed by atoms with E-state index in [9.17, 15) is 4.79 Å². The minimum atomic E-state index is -0.00700. The van der Waals surface area contributed by atoms with E-state index in [4.69, 9.17) is 4.74 Å². The Morgan fingerprint density at radius 1 is 1.59 bits per heavy atom. The fraction of sp³-hybridized carbons (Fsp3) is 0.636. The Kier molecular flexibility index (Phi) is 4.89. The maximum absolute atomic E-state index is 11.8. The molecule has 0 unspecified atom stereocenters. The Hall–Kier alpha value is -1.14. The molecular weight excluding hydrogens is 238 g/mol. The largest absolute Gasteiger partial charge is 0.383 e. The molecule has 0 bridgehead atoms. The molecule has 1 N–H and O–H groups in total. The Bertz CT molecular complexity index is 390. The number of aromatic nitrogens is 1. The van der Waals surface area contributed by atoms with Gasteiger partial charge in [-0.2, -0.15) is 0 Å². The van der Waals surface area contributed by atoms with Crippen molar-refractivity contribution in [2.24, 2.45) is 0 Å². The average molecular weight is 257 g/mol. The molecule has 0 aliphatic rings. The second kappa shape index (κ2) is 5.97. The third-order valence-electron chi connectivity index (χ3n) is 2.18. The van der Waals surface area contributed by atoms with Crippen LogP contribution < -0.4 is 5.32 Å². The quantitative estimate of drug-likeness (QED) is 0.870. The molecule has 0 fully saturated rings. The van der Waals surface area contributed by atoms with E-state index in [0.717, 1.165) is 10.8 Å². The van der Waals surface area contributed by atoms with Gasteiger partial charge < -0.3 is 15.0 Å². The summed E-state index contributed by atoms with van der Waals surface area (Å²) in [4.78, 5) is 18.4. The third-order valence-corrected chi connectivity index (χ3v) is 3.26. The van der Waals surface area contributed by atoms with Crippen molar-refractivity contribution in [2.45, 2.75) is 19.9 Å². The highest BCUT2D eigenvalue weighted by Gasteiger charge is 2.17. The van der Waals surface area contributed by atoms with Crippen LogP contribution in [0.2, 0.25) is 0 Å². The SMILES string of the molecule is COC[C@H](C)Nc1nc(C)c(C(=O)N(C)C)s1. The summed E-state index contributed by atoms with van der Waals surface area (Å²) >= 11 is 1.38. The Morgan fingerprint density at radius 2 is 2.24 bits per heavy atom. The predicted molar refractivity (Wildman–Crippen MR) is 69.8 cm³/mol. The van der Waals surface area contributed by atoms with Gasteiger partial charge >= 0.3 is 0 Å². The van der Waals surface area contributed by atoms with E-state index in [2.05, 4.69) is 10.3 Å². The maximum Gasteiger partial charge on any atom is 0.265 e. The second-order valence-corrected chi connectivity index (χ2v) is 5.13. The van der Waals surface area contributed by atoms with E-state index < -0.39 is 0 Å². The molecule has 1 atom stereocenters. The molecule has 0 radical (unpaired) electrons. The van der Waals surface area contributed by atoms with Crippen LogP contribution in [0, 0.1) is 6.92 Å². The van der Waals surface area contributed by atoms with Gasteiger partial charge in [-0.15, -0.1) is 0 Å². The molecule has 6 heteroatoms. The number of anilines is 1. The molecule has 1 aromatic rings. The van der Waals surface area contributed by atoms with Gasteiger partial charge in [-0.05, 0) is 13.8 Å². The van der Waals surface area contributed by atoms with Gasteiger partial charge in [0.05, 0.1) is 12.3 Å². The number of carbonyl (C=O) groups excluding carboxylic acids is 1. The molecular formula is C11H19N3O2S. The molecule has 5 nitrogen and oxygen atoms in total. The van der Waals surface area contributed by atoms with Crippen LogP contribution >= 0.6 is 11.3 Å². The summed E-state index contributed by atoms with van der Waals surface area (Å²) < 4.78 is 5.04. The monoisotopic (exact) mass is 257 g/mol. The number of rotatable bonds is 5.